The molecule has 5 rings (SSSR count). The Kier molecular flexibility index (Phi) is 3.20. The average Bonchev–Trinajstić information content (AvgIpc) is 3.24. The van der Waals surface area contributed by atoms with Gasteiger partial charge < -0.3 is 14.2 Å². The van der Waals surface area contributed by atoms with Crippen LogP contribution < -0.4 is 0 Å². The van der Waals surface area contributed by atoms with Crippen molar-refractivity contribution in [2.24, 2.45) is 0 Å². The van der Waals surface area contributed by atoms with Crippen molar-refractivity contribution >= 4 is 17.9 Å². The summed E-state index contributed by atoms with van der Waals surface area (Å²) in [6.45, 7) is 0.933. The van der Waals surface area contributed by atoms with Gasteiger partial charge in [0.2, 0.25) is 0 Å². The molecule has 0 bridgehead atoms. The smallest absolute Gasteiger partial charge is 0.400 e. The lowest BCUT2D eigenvalue weighted by Crippen LogP contribution is -2.26. The minimum Gasteiger partial charge on any atom is -0.400 e. The minimum absolute atomic E-state index is 0.0192. The number of hydrogen-bond donors (Lipinski definition) is 0. The molecule has 4 heteroatoms. The van der Waals surface area contributed by atoms with Crippen molar-refractivity contribution < 1.29 is 9.31 Å². The highest BCUT2D eigenvalue weighted by molar-refractivity contribution is 6.49. The van der Waals surface area contributed by atoms with Crippen LogP contribution in [0.25, 0.3) is 10.8 Å². The van der Waals surface area contributed by atoms with E-state index in [0.29, 0.717) is 0 Å². The zero-order chi connectivity index (χ0) is 16.3. The number of allylic oxidation sites excluding steroid dienone is 3. The van der Waals surface area contributed by atoms with Crippen molar-refractivity contribution in [3.8, 4) is 0 Å². The number of rotatable bonds is 3. The summed E-state index contributed by atoms with van der Waals surface area (Å²) in [5.74, 6) is 0.212. The first kappa shape index (κ1) is 14.5. The van der Waals surface area contributed by atoms with Crippen LogP contribution in [0.4, 0.5) is 0 Å². The summed E-state index contributed by atoms with van der Waals surface area (Å²) in [5, 5.41) is 2.59. The first-order chi connectivity index (χ1) is 11.7. The number of likely N-dealkylation sites (N-methyl/N-ethyl adjacent to an activating group) is 1. The molecule has 0 spiro atoms. The van der Waals surface area contributed by atoms with Crippen molar-refractivity contribution in [2.75, 3.05) is 20.6 Å². The number of hydrogen-bond acceptors (Lipinski definition) is 3. The zero-order valence-corrected chi connectivity index (χ0v) is 14.0. The van der Waals surface area contributed by atoms with Gasteiger partial charge in [0.15, 0.2) is 0 Å². The van der Waals surface area contributed by atoms with Gasteiger partial charge in [0, 0.05) is 12.4 Å². The van der Waals surface area contributed by atoms with E-state index in [0.717, 1.165) is 6.54 Å². The van der Waals surface area contributed by atoms with Crippen molar-refractivity contribution in [3.63, 3.8) is 0 Å². The Labute approximate surface area is 142 Å². The van der Waals surface area contributed by atoms with E-state index in [9.17, 15) is 0 Å². The summed E-state index contributed by atoms with van der Waals surface area (Å²) in [5.41, 5.74) is 3.91. The van der Waals surface area contributed by atoms with E-state index in [4.69, 9.17) is 9.31 Å². The lowest BCUT2D eigenvalue weighted by Gasteiger charge is -2.20. The van der Waals surface area contributed by atoms with E-state index >= 15 is 0 Å². The first-order valence-corrected chi connectivity index (χ1v) is 8.57. The molecule has 3 nitrogen and oxygen atoms in total. The highest BCUT2D eigenvalue weighted by Gasteiger charge is 2.49. The molecular formula is C20H20BNO2. The molecule has 1 heterocycles. The lowest BCUT2D eigenvalue weighted by molar-refractivity contribution is 0.170. The van der Waals surface area contributed by atoms with Gasteiger partial charge in [0.1, 0.15) is 0 Å². The van der Waals surface area contributed by atoms with Gasteiger partial charge >= 0.3 is 7.12 Å². The fourth-order valence-corrected chi connectivity index (χ4v) is 4.30. The molecule has 2 aromatic carbocycles. The normalized spacial score (nSPS) is 27.4. The van der Waals surface area contributed by atoms with Crippen LogP contribution in [0, 0.1) is 0 Å². The highest BCUT2D eigenvalue weighted by atomic mass is 16.7. The van der Waals surface area contributed by atoms with Crippen LogP contribution in [0.1, 0.15) is 23.3 Å². The third-order valence-corrected chi connectivity index (χ3v) is 5.27. The first-order valence-electron chi connectivity index (χ1n) is 8.57. The SMILES string of the molecule is CN(C)CC1=CC=CC1B1O[C@@H]2c3cccc4cccc(c34)[C@@H]2O1. The number of benzene rings is 2. The van der Waals surface area contributed by atoms with Crippen molar-refractivity contribution in [1.29, 1.82) is 0 Å². The van der Waals surface area contributed by atoms with E-state index in [-0.39, 0.29) is 25.1 Å². The van der Waals surface area contributed by atoms with Gasteiger partial charge in [0.05, 0.1) is 12.2 Å². The summed E-state index contributed by atoms with van der Waals surface area (Å²) in [6.07, 6.45) is 6.56. The predicted octanol–water partition coefficient (Wildman–Crippen LogP) is 3.90. The van der Waals surface area contributed by atoms with Crippen molar-refractivity contribution in [1.82, 2.24) is 4.90 Å². The van der Waals surface area contributed by atoms with Gasteiger partial charge in [0.25, 0.3) is 0 Å². The van der Waals surface area contributed by atoms with Gasteiger partial charge in [-0.25, -0.2) is 0 Å². The molecule has 0 radical (unpaired) electrons. The standard InChI is InChI=1S/C20H20BNO2/c1-22(2)12-14-8-5-11-17(14)21-23-19-15-9-3-6-13-7-4-10-16(18(13)15)20(19)24-21/h3-11,17,19-20H,12H2,1-2H3/t17?,19-,20+. The molecular weight excluding hydrogens is 297 g/mol. The maximum Gasteiger partial charge on any atom is 0.469 e. The molecule has 1 fully saturated rings. The van der Waals surface area contributed by atoms with E-state index < -0.39 is 0 Å². The zero-order valence-electron chi connectivity index (χ0n) is 14.0. The van der Waals surface area contributed by atoms with Crippen LogP contribution in [0.5, 0.6) is 0 Å². The maximum absolute atomic E-state index is 6.42. The Morgan fingerprint density at radius 1 is 1.00 bits per heavy atom. The third-order valence-electron chi connectivity index (χ3n) is 5.27. The second kappa shape index (κ2) is 5.31. The second-order valence-electron chi connectivity index (χ2n) is 7.16. The van der Waals surface area contributed by atoms with Gasteiger partial charge in [-0.1, -0.05) is 60.2 Å². The maximum atomic E-state index is 6.42. The topological polar surface area (TPSA) is 21.7 Å². The van der Waals surface area contributed by atoms with E-state index in [2.05, 4.69) is 73.6 Å². The molecule has 2 aliphatic carbocycles. The van der Waals surface area contributed by atoms with Crippen LogP contribution in [0.15, 0.2) is 60.2 Å². The molecule has 2 aromatic rings. The molecule has 1 saturated heterocycles. The molecule has 3 aliphatic rings. The number of nitrogens with zero attached hydrogens (tertiary/aromatic N) is 1. The number of fused-ring (bicyclic) bond motifs is 3. The Morgan fingerprint density at radius 2 is 1.67 bits per heavy atom. The second-order valence-corrected chi connectivity index (χ2v) is 7.16. The summed E-state index contributed by atoms with van der Waals surface area (Å²) < 4.78 is 12.8. The molecule has 120 valence electrons. The van der Waals surface area contributed by atoms with E-state index in [1.807, 2.05) is 0 Å². The lowest BCUT2D eigenvalue weighted by atomic mass is 9.69. The van der Waals surface area contributed by atoms with E-state index in [1.54, 1.807) is 0 Å². The van der Waals surface area contributed by atoms with Crippen LogP contribution in [0.2, 0.25) is 5.82 Å². The Balaban J connectivity index is 1.47. The molecule has 0 amide bonds. The van der Waals surface area contributed by atoms with Crippen LogP contribution in [0.3, 0.4) is 0 Å². The van der Waals surface area contributed by atoms with Gasteiger partial charge in [-0.3, -0.25) is 0 Å². The highest BCUT2D eigenvalue weighted by Crippen LogP contribution is 2.53. The monoisotopic (exact) mass is 317 g/mol. The molecule has 0 aromatic heterocycles. The minimum atomic E-state index is -0.200. The van der Waals surface area contributed by atoms with Gasteiger partial charge in [-0.2, -0.15) is 0 Å². The van der Waals surface area contributed by atoms with Crippen LogP contribution in [-0.2, 0) is 9.31 Å². The average molecular weight is 317 g/mol. The Morgan fingerprint density at radius 3 is 2.29 bits per heavy atom. The van der Waals surface area contributed by atoms with E-state index in [1.165, 1.54) is 27.5 Å². The fourth-order valence-electron chi connectivity index (χ4n) is 4.30. The molecule has 3 atom stereocenters. The molecule has 0 saturated carbocycles. The van der Waals surface area contributed by atoms with Gasteiger partial charge in [-0.05, 0) is 36.0 Å². The summed E-state index contributed by atoms with van der Waals surface area (Å²) in [7, 11) is 3.99. The quantitative estimate of drug-likeness (QED) is 0.802. The molecule has 0 N–H and O–H groups in total. The third kappa shape index (κ3) is 2.04. The van der Waals surface area contributed by atoms with Gasteiger partial charge in [-0.15, -0.1) is 0 Å². The van der Waals surface area contributed by atoms with Crippen molar-refractivity contribution in [3.05, 3.63) is 71.3 Å². The predicted molar refractivity (Wildman–Crippen MR) is 96.9 cm³/mol. The molecule has 1 aliphatic heterocycles. The Hall–Kier alpha value is -1.88. The summed E-state index contributed by atoms with van der Waals surface area (Å²) in [6, 6.07) is 12.9. The summed E-state index contributed by atoms with van der Waals surface area (Å²) in [4.78, 5) is 2.19. The van der Waals surface area contributed by atoms with Crippen LogP contribution >= 0.6 is 0 Å². The summed E-state index contributed by atoms with van der Waals surface area (Å²) >= 11 is 0. The van der Waals surface area contributed by atoms with Crippen LogP contribution in [-0.4, -0.2) is 32.7 Å². The Bertz CT molecular complexity index is 826. The van der Waals surface area contributed by atoms with Crippen molar-refractivity contribution in [2.45, 2.75) is 18.0 Å². The fraction of sp³-hybridized carbons (Fsp3) is 0.300. The molecule has 1 unspecified atom stereocenters. The molecule has 24 heavy (non-hydrogen) atoms. The largest absolute Gasteiger partial charge is 0.469 e.